The monoisotopic (exact) mass is 339 g/mol. The van der Waals surface area contributed by atoms with Crippen LogP contribution in [0.1, 0.15) is 17.7 Å². The Bertz CT molecular complexity index is 504. The van der Waals surface area contributed by atoms with Crippen molar-refractivity contribution in [2.45, 2.75) is 30.8 Å². The average Bonchev–Trinajstić information content (AvgIpc) is 2.59. The van der Waals surface area contributed by atoms with Crippen molar-refractivity contribution in [2.75, 3.05) is 13.1 Å². The highest BCUT2D eigenvalue weighted by molar-refractivity contribution is 9.11. The second-order valence-corrected chi connectivity index (χ2v) is 8.65. The van der Waals surface area contributed by atoms with E-state index >= 15 is 0 Å². The van der Waals surface area contributed by atoms with Gasteiger partial charge in [-0.3, -0.25) is 0 Å². The average molecular weight is 340 g/mol. The van der Waals surface area contributed by atoms with Gasteiger partial charge in [-0.1, -0.05) is 0 Å². The minimum atomic E-state index is -3.39. The normalized spacial score (nSPS) is 19.7. The van der Waals surface area contributed by atoms with Crippen LogP contribution in [-0.4, -0.2) is 37.0 Å². The topological polar surface area (TPSA) is 57.6 Å². The van der Waals surface area contributed by atoms with E-state index in [9.17, 15) is 13.5 Å². The number of hydrogen-bond acceptors (Lipinski definition) is 4. The Hall–Kier alpha value is 0.0500. The van der Waals surface area contributed by atoms with E-state index in [0.717, 1.165) is 8.66 Å². The number of piperidine rings is 1. The predicted octanol–water partition coefficient (Wildman–Crippen LogP) is 1.96. The standard InChI is InChI=1S/C10H14BrNO3S2/c1-7-9(6-10(11)16-7)17(14,15)12-4-2-8(13)3-5-12/h6,8,13H,2-5H2,1H3. The molecule has 1 aliphatic rings. The fraction of sp³-hybridized carbons (Fsp3) is 0.600. The van der Waals surface area contributed by atoms with Gasteiger partial charge in [0, 0.05) is 18.0 Å². The smallest absolute Gasteiger partial charge is 0.244 e. The number of aliphatic hydroxyl groups excluding tert-OH is 1. The molecule has 1 aliphatic heterocycles. The molecule has 0 saturated carbocycles. The summed E-state index contributed by atoms with van der Waals surface area (Å²) >= 11 is 4.73. The Kier molecular flexibility index (Phi) is 3.94. The third-order valence-corrected chi connectivity index (χ3v) is 6.59. The van der Waals surface area contributed by atoms with E-state index in [0.29, 0.717) is 30.8 Å². The fourth-order valence-electron chi connectivity index (χ4n) is 1.91. The number of sulfonamides is 1. The summed E-state index contributed by atoms with van der Waals surface area (Å²) in [5.41, 5.74) is 0. The van der Waals surface area contributed by atoms with Gasteiger partial charge in [0.25, 0.3) is 0 Å². The molecule has 1 aromatic heterocycles. The number of aliphatic hydroxyl groups is 1. The molecule has 0 radical (unpaired) electrons. The number of halogens is 1. The fourth-order valence-corrected chi connectivity index (χ4v) is 5.76. The number of rotatable bonds is 2. The Balaban J connectivity index is 2.28. The van der Waals surface area contributed by atoms with Gasteiger partial charge in [0.15, 0.2) is 0 Å². The van der Waals surface area contributed by atoms with Crippen molar-refractivity contribution in [3.63, 3.8) is 0 Å². The lowest BCUT2D eigenvalue weighted by Gasteiger charge is -2.28. The van der Waals surface area contributed by atoms with Crippen LogP contribution in [0.2, 0.25) is 0 Å². The van der Waals surface area contributed by atoms with E-state index in [-0.39, 0.29) is 6.10 Å². The van der Waals surface area contributed by atoms with Crippen LogP contribution in [0.4, 0.5) is 0 Å². The van der Waals surface area contributed by atoms with Crippen LogP contribution < -0.4 is 0 Å². The number of thiophene rings is 1. The van der Waals surface area contributed by atoms with E-state index in [1.165, 1.54) is 15.6 Å². The first-order chi connectivity index (χ1) is 7.91. The Morgan fingerprint density at radius 1 is 1.47 bits per heavy atom. The molecule has 0 spiro atoms. The van der Waals surface area contributed by atoms with E-state index in [2.05, 4.69) is 15.9 Å². The maximum absolute atomic E-state index is 12.4. The van der Waals surface area contributed by atoms with Gasteiger partial charge in [0.2, 0.25) is 10.0 Å². The van der Waals surface area contributed by atoms with Crippen LogP contribution in [-0.2, 0) is 10.0 Å². The highest BCUT2D eigenvalue weighted by atomic mass is 79.9. The van der Waals surface area contributed by atoms with Gasteiger partial charge in [0.1, 0.15) is 0 Å². The maximum atomic E-state index is 12.4. The molecule has 4 nitrogen and oxygen atoms in total. The molecular formula is C10H14BrNO3S2. The molecule has 1 N–H and O–H groups in total. The molecule has 1 aromatic rings. The molecule has 0 bridgehead atoms. The summed E-state index contributed by atoms with van der Waals surface area (Å²) in [7, 11) is -3.39. The van der Waals surface area contributed by atoms with Gasteiger partial charge >= 0.3 is 0 Å². The Morgan fingerprint density at radius 3 is 2.53 bits per heavy atom. The van der Waals surface area contributed by atoms with Gasteiger partial charge in [0.05, 0.1) is 14.8 Å². The molecule has 7 heteroatoms. The first kappa shape index (κ1) is 13.5. The third-order valence-electron chi connectivity index (χ3n) is 2.88. The lowest BCUT2D eigenvalue weighted by molar-refractivity contribution is 0.113. The summed E-state index contributed by atoms with van der Waals surface area (Å²) in [5.74, 6) is 0. The van der Waals surface area contributed by atoms with Crippen molar-refractivity contribution < 1.29 is 13.5 Å². The van der Waals surface area contributed by atoms with Crippen LogP contribution in [0.15, 0.2) is 14.7 Å². The van der Waals surface area contributed by atoms with Gasteiger partial charge < -0.3 is 5.11 Å². The molecule has 0 aliphatic carbocycles. The summed E-state index contributed by atoms with van der Waals surface area (Å²) in [6, 6.07) is 1.65. The number of nitrogens with zero attached hydrogens (tertiary/aromatic N) is 1. The molecule has 0 atom stereocenters. The molecule has 2 rings (SSSR count). The van der Waals surface area contributed by atoms with Gasteiger partial charge in [-0.2, -0.15) is 4.31 Å². The number of aryl methyl sites for hydroxylation is 1. The van der Waals surface area contributed by atoms with Crippen molar-refractivity contribution >= 4 is 37.3 Å². The lowest BCUT2D eigenvalue weighted by atomic mass is 10.1. The predicted molar refractivity (Wildman–Crippen MR) is 70.8 cm³/mol. The van der Waals surface area contributed by atoms with Crippen molar-refractivity contribution in [3.05, 3.63) is 14.7 Å². The quantitative estimate of drug-likeness (QED) is 0.896. The Morgan fingerprint density at radius 2 is 2.06 bits per heavy atom. The van der Waals surface area contributed by atoms with Crippen molar-refractivity contribution in [1.82, 2.24) is 4.31 Å². The van der Waals surface area contributed by atoms with E-state index in [4.69, 9.17) is 0 Å². The molecule has 1 fully saturated rings. The van der Waals surface area contributed by atoms with Crippen LogP contribution in [0.5, 0.6) is 0 Å². The van der Waals surface area contributed by atoms with E-state index < -0.39 is 10.0 Å². The SMILES string of the molecule is Cc1sc(Br)cc1S(=O)(=O)N1CCC(O)CC1. The molecule has 0 aromatic carbocycles. The first-order valence-electron chi connectivity index (χ1n) is 5.35. The summed E-state index contributed by atoms with van der Waals surface area (Å²) in [6.45, 7) is 2.61. The molecule has 0 amide bonds. The summed E-state index contributed by atoms with van der Waals surface area (Å²) < 4.78 is 27.0. The van der Waals surface area contributed by atoms with Crippen LogP contribution in [0.25, 0.3) is 0 Å². The third kappa shape index (κ3) is 2.73. The largest absolute Gasteiger partial charge is 0.393 e. The highest BCUT2D eigenvalue weighted by Crippen LogP contribution is 2.32. The molecule has 96 valence electrons. The van der Waals surface area contributed by atoms with Gasteiger partial charge in [-0.15, -0.1) is 11.3 Å². The molecule has 2 heterocycles. The zero-order chi connectivity index (χ0) is 12.6. The summed E-state index contributed by atoms with van der Waals surface area (Å²) in [6.07, 6.45) is 0.671. The summed E-state index contributed by atoms with van der Waals surface area (Å²) in [5, 5.41) is 9.40. The van der Waals surface area contributed by atoms with Crippen molar-refractivity contribution in [3.8, 4) is 0 Å². The van der Waals surface area contributed by atoms with Crippen LogP contribution in [0.3, 0.4) is 0 Å². The van der Waals surface area contributed by atoms with Crippen LogP contribution >= 0.6 is 27.3 Å². The molecule has 17 heavy (non-hydrogen) atoms. The zero-order valence-electron chi connectivity index (χ0n) is 9.39. The molecular weight excluding hydrogens is 326 g/mol. The highest BCUT2D eigenvalue weighted by Gasteiger charge is 2.30. The van der Waals surface area contributed by atoms with E-state index in [1.54, 1.807) is 13.0 Å². The lowest BCUT2D eigenvalue weighted by Crippen LogP contribution is -2.40. The van der Waals surface area contributed by atoms with Gasteiger partial charge in [-0.05, 0) is 41.8 Å². The number of hydrogen-bond donors (Lipinski definition) is 1. The second-order valence-electron chi connectivity index (χ2n) is 4.11. The molecule has 0 unspecified atom stereocenters. The Labute approximate surface area is 113 Å². The maximum Gasteiger partial charge on any atom is 0.244 e. The summed E-state index contributed by atoms with van der Waals surface area (Å²) in [4.78, 5) is 1.17. The minimum Gasteiger partial charge on any atom is -0.393 e. The van der Waals surface area contributed by atoms with E-state index in [1.807, 2.05) is 0 Å². The second kappa shape index (κ2) is 4.97. The van der Waals surface area contributed by atoms with Crippen molar-refractivity contribution in [1.29, 1.82) is 0 Å². The molecule has 1 saturated heterocycles. The minimum absolute atomic E-state index is 0.364. The first-order valence-corrected chi connectivity index (χ1v) is 8.40. The zero-order valence-corrected chi connectivity index (χ0v) is 12.6. The van der Waals surface area contributed by atoms with Crippen molar-refractivity contribution in [2.24, 2.45) is 0 Å². The van der Waals surface area contributed by atoms with Crippen LogP contribution in [0, 0.1) is 6.92 Å². The van der Waals surface area contributed by atoms with Gasteiger partial charge in [-0.25, -0.2) is 8.42 Å².